The molecule has 1 amide bonds. The second kappa shape index (κ2) is 6.20. The average molecular weight is 347 g/mol. The van der Waals surface area contributed by atoms with Crippen LogP contribution in [0.3, 0.4) is 0 Å². The lowest BCUT2D eigenvalue weighted by atomic mass is 9.76. The van der Waals surface area contributed by atoms with E-state index in [1.165, 1.54) is 0 Å². The molecular weight excluding hydrogens is 330 g/mol. The third kappa shape index (κ3) is 3.27. The van der Waals surface area contributed by atoms with Crippen molar-refractivity contribution in [2.45, 2.75) is 26.2 Å². The number of amides is 1. The third-order valence-corrected chi connectivity index (χ3v) is 4.91. The molecule has 0 unspecified atom stereocenters. The highest BCUT2D eigenvalue weighted by atomic mass is 79.9. The van der Waals surface area contributed by atoms with Gasteiger partial charge in [-0.15, -0.1) is 0 Å². The number of hydrogen-bond acceptors (Lipinski definition) is 3. The van der Waals surface area contributed by atoms with E-state index in [9.17, 15) is 4.79 Å². The number of rotatable bonds is 3. The Morgan fingerprint density at radius 2 is 2.26 bits per heavy atom. The van der Waals surface area contributed by atoms with Gasteiger partial charge in [0.2, 0.25) is 5.91 Å². The molecule has 0 bridgehead atoms. The zero-order valence-electron chi connectivity index (χ0n) is 10.8. The Hall–Kier alpha value is -0.650. The Bertz CT molecular complexity index is 475. The normalized spacial score (nSPS) is 18.1. The molecule has 6 heteroatoms. The first kappa shape index (κ1) is 14.8. The number of hydrogen-bond donors (Lipinski definition) is 2. The molecule has 0 aromatic carbocycles. The van der Waals surface area contributed by atoms with Crippen molar-refractivity contribution in [3.05, 3.63) is 21.9 Å². The molecule has 0 saturated carbocycles. The summed E-state index contributed by atoms with van der Waals surface area (Å²) in [6.07, 6.45) is 4.17. The van der Waals surface area contributed by atoms with E-state index in [4.69, 9.17) is 11.6 Å². The summed E-state index contributed by atoms with van der Waals surface area (Å²) in [5, 5.41) is 6.64. The van der Waals surface area contributed by atoms with Crippen LogP contribution in [-0.4, -0.2) is 24.0 Å². The Morgan fingerprint density at radius 1 is 1.58 bits per heavy atom. The van der Waals surface area contributed by atoms with Gasteiger partial charge in [-0.2, -0.15) is 0 Å². The van der Waals surface area contributed by atoms with E-state index >= 15 is 0 Å². The van der Waals surface area contributed by atoms with Crippen LogP contribution in [0.25, 0.3) is 0 Å². The number of pyridine rings is 1. The summed E-state index contributed by atoms with van der Waals surface area (Å²) >= 11 is 9.15. The Balaban J connectivity index is 2.12. The predicted octanol–water partition coefficient (Wildman–Crippen LogP) is 3.22. The fourth-order valence-corrected chi connectivity index (χ4v) is 2.85. The van der Waals surface area contributed by atoms with Crippen LogP contribution in [0, 0.1) is 5.41 Å². The van der Waals surface area contributed by atoms with Crippen LogP contribution in [0.15, 0.2) is 16.7 Å². The lowest BCUT2D eigenvalue weighted by molar-refractivity contribution is -0.127. The number of carbonyl (C=O) groups is 1. The second-order valence-corrected chi connectivity index (χ2v) is 6.05. The monoisotopic (exact) mass is 345 g/mol. The summed E-state index contributed by atoms with van der Waals surface area (Å²) in [5.74, 6) is 0.0764. The minimum atomic E-state index is -0.267. The fraction of sp³-hybridized carbons (Fsp3) is 0.538. The summed E-state index contributed by atoms with van der Waals surface area (Å²) in [5.41, 5.74) is 0.407. The number of nitrogens with zero attached hydrogens (tertiary/aromatic N) is 1. The lowest BCUT2D eigenvalue weighted by Gasteiger charge is -2.35. The molecule has 0 spiro atoms. The highest BCUT2D eigenvalue weighted by molar-refractivity contribution is 9.10. The van der Waals surface area contributed by atoms with E-state index in [0.29, 0.717) is 15.3 Å². The van der Waals surface area contributed by atoms with E-state index in [0.717, 1.165) is 32.4 Å². The summed E-state index contributed by atoms with van der Waals surface area (Å²) in [4.78, 5) is 16.5. The molecule has 2 heterocycles. The molecule has 1 aliphatic rings. The van der Waals surface area contributed by atoms with Crippen molar-refractivity contribution in [3.63, 3.8) is 0 Å². The maximum Gasteiger partial charge on any atom is 0.230 e. The van der Waals surface area contributed by atoms with Crippen molar-refractivity contribution >= 4 is 39.1 Å². The highest BCUT2D eigenvalue weighted by Gasteiger charge is 2.37. The van der Waals surface area contributed by atoms with Gasteiger partial charge in [-0.3, -0.25) is 4.79 Å². The smallest absolute Gasteiger partial charge is 0.230 e. The zero-order chi connectivity index (χ0) is 13.9. The molecule has 2 rings (SSSR count). The third-order valence-electron chi connectivity index (χ3n) is 3.77. The summed E-state index contributed by atoms with van der Waals surface area (Å²) < 4.78 is 0.683. The minimum Gasteiger partial charge on any atom is -0.324 e. The van der Waals surface area contributed by atoms with E-state index in [-0.39, 0.29) is 11.3 Å². The van der Waals surface area contributed by atoms with Crippen molar-refractivity contribution in [3.8, 4) is 0 Å². The van der Waals surface area contributed by atoms with E-state index in [1.807, 2.05) is 0 Å². The van der Waals surface area contributed by atoms with Crippen LogP contribution in [0.2, 0.25) is 5.15 Å². The van der Waals surface area contributed by atoms with Gasteiger partial charge in [0, 0.05) is 0 Å². The maximum atomic E-state index is 12.5. The predicted molar refractivity (Wildman–Crippen MR) is 80.4 cm³/mol. The molecule has 0 atom stereocenters. The van der Waals surface area contributed by atoms with Gasteiger partial charge in [0.15, 0.2) is 0 Å². The van der Waals surface area contributed by atoms with Crippen LogP contribution < -0.4 is 10.6 Å². The molecule has 0 radical (unpaired) electrons. The van der Waals surface area contributed by atoms with Gasteiger partial charge in [0.05, 0.1) is 21.8 Å². The molecular formula is C13H17BrClN3O. The molecule has 4 nitrogen and oxygen atoms in total. The van der Waals surface area contributed by atoms with Crippen LogP contribution >= 0.6 is 27.5 Å². The first-order valence-corrected chi connectivity index (χ1v) is 7.58. The summed E-state index contributed by atoms with van der Waals surface area (Å²) in [7, 11) is 0. The molecule has 104 valence electrons. The number of halogens is 2. The van der Waals surface area contributed by atoms with E-state index in [2.05, 4.69) is 38.5 Å². The lowest BCUT2D eigenvalue weighted by Crippen LogP contribution is -2.44. The van der Waals surface area contributed by atoms with Crippen molar-refractivity contribution in [2.24, 2.45) is 5.41 Å². The number of carbonyl (C=O) groups excluding carboxylic acids is 1. The fourth-order valence-electron chi connectivity index (χ4n) is 2.40. The molecule has 2 N–H and O–H groups in total. The minimum absolute atomic E-state index is 0.0764. The molecule has 1 saturated heterocycles. The van der Waals surface area contributed by atoms with Gasteiger partial charge in [-0.1, -0.05) is 18.5 Å². The molecule has 1 aliphatic heterocycles. The number of aromatic nitrogens is 1. The van der Waals surface area contributed by atoms with Gasteiger partial charge in [-0.05, 0) is 54.3 Å². The van der Waals surface area contributed by atoms with Crippen LogP contribution in [0.4, 0.5) is 5.69 Å². The zero-order valence-corrected chi connectivity index (χ0v) is 13.1. The molecule has 1 fully saturated rings. The van der Waals surface area contributed by atoms with E-state index < -0.39 is 0 Å². The maximum absolute atomic E-state index is 12.5. The van der Waals surface area contributed by atoms with Crippen molar-refractivity contribution in [2.75, 3.05) is 18.4 Å². The Morgan fingerprint density at radius 3 is 2.84 bits per heavy atom. The molecule has 19 heavy (non-hydrogen) atoms. The Labute approximate surface area is 126 Å². The first-order chi connectivity index (χ1) is 9.07. The largest absolute Gasteiger partial charge is 0.324 e. The highest BCUT2D eigenvalue weighted by Crippen LogP contribution is 2.34. The van der Waals surface area contributed by atoms with Gasteiger partial charge in [-0.25, -0.2) is 4.98 Å². The average Bonchev–Trinajstić information content (AvgIpc) is 2.43. The molecule has 1 aromatic heterocycles. The summed E-state index contributed by atoms with van der Waals surface area (Å²) in [6, 6.07) is 1.78. The van der Waals surface area contributed by atoms with Crippen molar-refractivity contribution in [1.82, 2.24) is 10.3 Å². The van der Waals surface area contributed by atoms with Gasteiger partial charge < -0.3 is 10.6 Å². The summed E-state index contributed by atoms with van der Waals surface area (Å²) in [6.45, 7) is 3.86. The standard InChI is InChI=1S/C13H17BrClN3O/c1-2-13(3-5-16-6-4-13)12(19)18-9-7-10(14)11(15)17-8-9/h7-8,16H,2-6H2,1H3,(H,18,19). The second-order valence-electron chi connectivity index (χ2n) is 4.83. The SMILES string of the molecule is CCC1(C(=O)Nc2cnc(Cl)c(Br)c2)CCNCC1. The topological polar surface area (TPSA) is 54.0 Å². The molecule has 0 aliphatic carbocycles. The van der Waals surface area contributed by atoms with Crippen LogP contribution in [0.1, 0.15) is 26.2 Å². The van der Waals surface area contributed by atoms with Gasteiger partial charge >= 0.3 is 0 Å². The Kier molecular flexibility index (Phi) is 4.81. The van der Waals surface area contributed by atoms with Gasteiger partial charge in [0.25, 0.3) is 0 Å². The van der Waals surface area contributed by atoms with Crippen molar-refractivity contribution in [1.29, 1.82) is 0 Å². The molecule has 1 aromatic rings. The van der Waals surface area contributed by atoms with E-state index in [1.54, 1.807) is 12.3 Å². The van der Waals surface area contributed by atoms with Crippen molar-refractivity contribution < 1.29 is 4.79 Å². The van der Waals surface area contributed by atoms with Crippen LogP contribution in [-0.2, 0) is 4.79 Å². The number of piperidine rings is 1. The quantitative estimate of drug-likeness (QED) is 0.826. The first-order valence-electron chi connectivity index (χ1n) is 6.40. The van der Waals surface area contributed by atoms with Gasteiger partial charge in [0.1, 0.15) is 5.15 Å². The number of anilines is 1. The number of nitrogens with one attached hydrogen (secondary N) is 2. The van der Waals surface area contributed by atoms with Crippen LogP contribution in [0.5, 0.6) is 0 Å².